The van der Waals surface area contributed by atoms with Crippen LogP contribution in [0.3, 0.4) is 0 Å². The molecule has 0 radical (unpaired) electrons. The first-order valence-corrected chi connectivity index (χ1v) is 6.14. The van der Waals surface area contributed by atoms with Gasteiger partial charge in [0.15, 0.2) is 5.41 Å². The Morgan fingerprint density at radius 3 is 2.61 bits per heavy atom. The maximum Gasteiger partial charge on any atom is 0.326 e. The smallest absolute Gasteiger partial charge is 0.326 e. The van der Waals surface area contributed by atoms with Gasteiger partial charge in [-0.3, -0.25) is 9.59 Å². The first-order valence-electron chi connectivity index (χ1n) is 6.14. The number of esters is 1. The first kappa shape index (κ1) is 12.6. The van der Waals surface area contributed by atoms with E-state index in [1.54, 1.807) is 14.0 Å². The highest BCUT2D eigenvalue weighted by atomic mass is 16.5. The van der Waals surface area contributed by atoms with E-state index in [9.17, 15) is 9.59 Å². The van der Waals surface area contributed by atoms with Gasteiger partial charge in [-0.15, -0.1) is 0 Å². The predicted molar refractivity (Wildman–Crippen MR) is 68.5 cm³/mol. The van der Waals surface area contributed by atoms with Gasteiger partial charge in [0.2, 0.25) is 5.91 Å². The number of ether oxygens (including phenoxy) is 1. The van der Waals surface area contributed by atoms with Gasteiger partial charge >= 0.3 is 5.97 Å². The van der Waals surface area contributed by atoms with Crippen molar-refractivity contribution in [3.05, 3.63) is 29.8 Å². The molecule has 1 aromatic carbocycles. The Labute approximate surface area is 107 Å². The second kappa shape index (κ2) is 4.44. The average Bonchev–Trinajstić information content (AvgIpc) is 2.61. The van der Waals surface area contributed by atoms with E-state index < -0.39 is 11.4 Å². The molecule has 1 heterocycles. The highest BCUT2D eigenvalue weighted by Gasteiger charge is 2.55. The quantitative estimate of drug-likeness (QED) is 0.605. The fraction of sp³-hybridized carbons (Fsp3) is 0.429. The Balaban J connectivity index is 2.61. The predicted octanol–water partition coefficient (Wildman–Crippen LogP) is 1.87. The maximum absolute atomic E-state index is 12.5. The lowest BCUT2D eigenvalue weighted by Crippen LogP contribution is -2.45. The van der Waals surface area contributed by atoms with Crippen molar-refractivity contribution < 1.29 is 14.3 Å². The Morgan fingerprint density at radius 2 is 2.00 bits per heavy atom. The molecule has 0 N–H and O–H groups in total. The highest BCUT2D eigenvalue weighted by Crippen LogP contribution is 2.43. The molecule has 1 amide bonds. The summed E-state index contributed by atoms with van der Waals surface area (Å²) in [6.45, 7) is 3.86. The van der Waals surface area contributed by atoms with Crippen molar-refractivity contribution in [2.24, 2.45) is 0 Å². The number of nitrogens with zero attached hydrogens (tertiary/aromatic N) is 1. The number of carbonyl (C=O) groups excluding carboxylic acids is 2. The molecule has 4 nitrogen and oxygen atoms in total. The van der Waals surface area contributed by atoms with Crippen molar-refractivity contribution in [2.45, 2.75) is 25.7 Å². The van der Waals surface area contributed by atoms with Crippen molar-refractivity contribution in [3.8, 4) is 0 Å². The zero-order valence-corrected chi connectivity index (χ0v) is 10.9. The van der Waals surface area contributed by atoms with Crippen molar-refractivity contribution in [3.63, 3.8) is 0 Å². The number of benzene rings is 1. The SMILES string of the molecule is CCOC(=O)[C@]1(CC)C(=O)N(C)c2ccccc21. The molecule has 1 aromatic rings. The fourth-order valence-corrected chi connectivity index (χ4v) is 2.58. The average molecular weight is 247 g/mol. The molecule has 0 unspecified atom stereocenters. The molecule has 96 valence electrons. The van der Waals surface area contributed by atoms with Gasteiger partial charge in [0.1, 0.15) is 0 Å². The van der Waals surface area contributed by atoms with Gasteiger partial charge < -0.3 is 9.64 Å². The van der Waals surface area contributed by atoms with E-state index in [2.05, 4.69) is 0 Å². The van der Waals surface area contributed by atoms with Crippen LogP contribution in [0, 0.1) is 0 Å². The molecule has 0 bridgehead atoms. The van der Waals surface area contributed by atoms with Crippen LogP contribution in [0.2, 0.25) is 0 Å². The summed E-state index contributed by atoms with van der Waals surface area (Å²) in [6, 6.07) is 7.38. The van der Waals surface area contributed by atoms with Crippen LogP contribution in [0.4, 0.5) is 5.69 Å². The third-order valence-electron chi connectivity index (χ3n) is 3.55. The van der Waals surface area contributed by atoms with Gasteiger partial charge in [-0.25, -0.2) is 0 Å². The lowest BCUT2D eigenvalue weighted by atomic mass is 9.79. The van der Waals surface area contributed by atoms with Gasteiger partial charge in [-0.2, -0.15) is 0 Å². The number of hydrogen-bond donors (Lipinski definition) is 0. The summed E-state index contributed by atoms with van der Waals surface area (Å²) in [7, 11) is 1.69. The topological polar surface area (TPSA) is 46.6 Å². The van der Waals surface area contributed by atoms with Crippen LogP contribution in [0.1, 0.15) is 25.8 Å². The second-order valence-electron chi connectivity index (χ2n) is 4.36. The molecule has 1 atom stereocenters. The second-order valence-corrected chi connectivity index (χ2v) is 4.36. The highest BCUT2D eigenvalue weighted by molar-refractivity contribution is 6.20. The van der Waals surface area contributed by atoms with Crippen LogP contribution in [0.15, 0.2) is 24.3 Å². The largest absolute Gasteiger partial charge is 0.465 e. The van der Waals surface area contributed by atoms with E-state index in [4.69, 9.17) is 4.74 Å². The number of amides is 1. The summed E-state index contributed by atoms with van der Waals surface area (Å²) in [5.41, 5.74) is 0.373. The summed E-state index contributed by atoms with van der Waals surface area (Å²) in [6.07, 6.45) is 0.409. The minimum absolute atomic E-state index is 0.204. The number of fused-ring (bicyclic) bond motifs is 1. The van der Waals surface area contributed by atoms with Crippen LogP contribution in [-0.2, 0) is 19.7 Å². The number of hydrogen-bond acceptors (Lipinski definition) is 3. The third-order valence-corrected chi connectivity index (χ3v) is 3.55. The zero-order valence-electron chi connectivity index (χ0n) is 10.9. The van der Waals surface area contributed by atoms with E-state index >= 15 is 0 Å². The molecular weight excluding hydrogens is 230 g/mol. The Morgan fingerprint density at radius 1 is 1.33 bits per heavy atom. The first-order chi connectivity index (χ1) is 8.59. The third kappa shape index (κ3) is 1.45. The van der Waals surface area contributed by atoms with Crippen LogP contribution in [-0.4, -0.2) is 25.5 Å². The summed E-state index contributed by atoms with van der Waals surface area (Å²) < 4.78 is 5.11. The number of rotatable bonds is 3. The fourth-order valence-electron chi connectivity index (χ4n) is 2.58. The van der Waals surface area contributed by atoms with Crippen molar-refractivity contribution in [1.29, 1.82) is 0 Å². The molecule has 0 saturated carbocycles. The van der Waals surface area contributed by atoms with Gasteiger partial charge in [0.05, 0.1) is 6.61 Å². The molecule has 2 rings (SSSR count). The summed E-state index contributed by atoms with van der Waals surface area (Å²) in [4.78, 5) is 26.2. The van der Waals surface area contributed by atoms with E-state index in [-0.39, 0.29) is 12.5 Å². The lowest BCUT2D eigenvalue weighted by molar-refractivity contribution is -0.153. The van der Waals surface area contributed by atoms with E-state index in [1.165, 1.54) is 4.90 Å². The molecular formula is C14H17NO3. The molecule has 0 aromatic heterocycles. The summed E-state index contributed by atoms with van der Waals surface area (Å²) in [5, 5.41) is 0. The van der Waals surface area contributed by atoms with Crippen molar-refractivity contribution in [1.82, 2.24) is 0 Å². The number of para-hydroxylation sites is 1. The van der Waals surface area contributed by atoms with Crippen molar-refractivity contribution >= 4 is 17.6 Å². The van der Waals surface area contributed by atoms with Crippen LogP contribution < -0.4 is 4.90 Å². The van der Waals surface area contributed by atoms with Gasteiger partial charge in [0, 0.05) is 18.3 Å². The maximum atomic E-state index is 12.5. The number of carbonyl (C=O) groups is 2. The minimum atomic E-state index is -1.17. The molecule has 1 aliphatic rings. The summed E-state index contributed by atoms with van der Waals surface area (Å²) >= 11 is 0. The Hall–Kier alpha value is -1.84. The zero-order chi connectivity index (χ0) is 13.3. The van der Waals surface area contributed by atoms with E-state index in [0.29, 0.717) is 6.42 Å². The molecule has 0 aliphatic carbocycles. The molecule has 4 heteroatoms. The lowest BCUT2D eigenvalue weighted by Gasteiger charge is -2.24. The van der Waals surface area contributed by atoms with Gasteiger partial charge in [0.25, 0.3) is 0 Å². The molecule has 1 aliphatic heterocycles. The standard InChI is InChI=1S/C14H17NO3/c1-4-14(13(17)18-5-2)10-8-6-7-9-11(10)15(3)12(14)16/h6-9H,4-5H2,1-3H3/t14-/m0/s1. The molecule has 0 spiro atoms. The molecule has 0 fully saturated rings. The van der Waals surface area contributed by atoms with Crippen LogP contribution in [0.25, 0.3) is 0 Å². The monoisotopic (exact) mass is 247 g/mol. The van der Waals surface area contributed by atoms with E-state index in [0.717, 1.165) is 11.3 Å². The molecule has 18 heavy (non-hydrogen) atoms. The minimum Gasteiger partial charge on any atom is -0.465 e. The van der Waals surface area contributed by atoms with E-state index in [1.807, 2.05) is 31.2 Å². The Kier molecular flexibility index (Phi) is 3.11. The number of anilines is 1. The Bertz CT molecular complexity index is 498. The number of likely N-dealkylation sites (N-methyl/N-ethyl adjacent to an activating group) is 1. The van der Waals surface area contributed by atoms with Gasteiger partial charge in [-0.05, 0) is 19.4 Å². The van der Waals surface area contributed by atoms with Crippen LogP contribution >= 0.6 is 0 Å². The molecule has 0 saturated heterocycles. The summed E-state index contributed by atoms with van der Waals surface area (Å²) in [5.74, 6) is -0.654. The van der Waals surface area contributed by atoms with Crippen molar-refractivity contribution in [2.75, 3.05) is 18.6 Å². The normalized spacial score (nSPS) is 21.9. The van der Waals surface area contributed by atoms with Gasteiger partial charge in [-0.1, -0.05) is 25.1 Å². The van der Waals surface area contributed by atoms with Crippen LogP contribution in [0.5, 0.6) is 0 Å².